The highest BCUT2D eigenvalue weighted by Gasteiger charge is 2.38. The molecule has 7 nitrogen and oxygen atoms in total. The van der Waals surface area contributed by atoms with Gasteiger partial charge in [-0.3, -0.25) is 19.7 Å². The third-order valence-electron chi connectivity index (χ3n) is 6.02. The SMILES string of the molecule is CCC(=O)N1c2ccccc2C(N(C(=O)c2ccc([N+](=O)[O-])cc2)c2ccccc2)CC1C. The first-order valence-electron chi connectivity index (χ1n) is 11.0. The monoisotopic (exact) mass is 443 g/mol. The van der Waals surface area contributed by atoms with Crippen LogP contribution in [-0.2, 0) is 4.79 Å². The van der Waals surface area contributed by atoms with Gasteiger partial charge >= 0.3 is 0 Å². The van der Waals surface area contributed by atoms with E-state index in [0.717, 1.165) is 16.9 Å². The van der Waals surface area contributed by atoms with Crippen molar-refractivity contribution in [3.63, 3.8) is 0 Å². The lowest BCUT2D eigenvalue weighted by molar-refractivity contribution is -0.384. The van der Waals surface area contributed by atoms with Crippen LogP contribution in [0.5, 0.6) is 0 Å². The average Bonchev–Trinajstić information content (AvgIpc) is 2.84. The van der Waals surface area contributed by atoms with Crippen molar-refractivity contribution >= 4 is 28.9 Å². The van der Waals surface area contributed by atoms with Crippen LogP contribution in [-0.4, -0.2) is 22.8 Å². The molecule has 0 bridgehead atoms. The van der Waals surface area contributed by atoms with Crippen LogP contribution < -0.4 is 9.80 Å². The Kier molecular flexibility index (Phi) is 6.22. The lowest BCUT2D eigenvalue weighted by atomic mass is 9.89. The van der Waals surface area contributed by atoms with Crippen molar-refractivity contribution in [1.29, 1.82) is 0 Å². The maximum Gasteiger partial charge on any atom is 0.269 e. The molecule has 0 N–H and O–H groups in total. The number of fused-ring (bicyclic) bond motifs is 1. The van der Waals surface area contributed by atoms with E-state index in [-0.39, 0.29) is 29.6 Å². The minimum atomic E-state index is -0.485. The van der Waals surface area contributed by atoms with Gasteiger partial charge in [0.25, 0.3) is 11.6 Å². The quantitative estimate of drug-likeness (QED) is 0.384. The van der Waals surface area contributed by atoms with Gasteiger partial charge in [0.05, 0.1) is 11.0 Å². The van der Waals surface area contributed by atoms with Crippen LogP contribution in [0, 0.1) is 10.1 Å². The summed E-state index contributed by atoms with van der Waals surface area (Å²) in [6, 6.07) is 22.3. The molecule has 2 amide bonds. The molecule has 0 spiro atoms. The van der Waals surface area contributed by atoms with E-state index in [1.165, 1.54) is 24.3 Å². The fraction of sp³-hybridized carbons (Fsp3) is 0.231. The predicted molar refractivity (Wildman–Crippen MR) is 127 cm³/mol. The molecule has 0 fully saturated rings. The lowest BCUT2D eigenvalue weighted by Gasteiger charge is -2.43. The number of para-hydroxylation sites is 2. The van der Waals surface area contributed by atoms with Gasteiger partial charge in [0.1, 0.15) is 0 Å². The van der Waals surface area contributed by atoms with Gasteiger partial charge in [-0.1, -0.05) is 43.3 Å². The van der Waals surface area contributed by atoms with E-state index in [2.05, 4.69) is 0 Å². The summed E-state index contributed by atoms with van der Waals surface area (Å²) in [5.41, 5.74) is 2.73. The molecule has 2 atom stereocenters. The van der Waals surface area contributed by atoms with Crippen molar-refractivity contribution in [2.75, 3.05) is 9.80 Å². The maximum atomic E-state index is 13.8. The second-order valence-electron chi connectivity index (χ2n) is 8.09. The Labute approximate surface area is 192 Å². The van der Waals surface area contributed by atoms with Crippen LogP contribution in [0.25, 0.3) is 0 Å². The summed E-state index contributed by atoms with van der Waals surface area (Å²) < 4.78 is 0. The number of hydrogen-bond acceptors (Lipinski definition) is 4. The first kappa shape index (κ1) is 22.2. The third-order valence-corrected chi connectivity index (χ3v) is 6.02. The minimum absolute atomic E-state index is 0.0429. The van der Waals surface area contributed by atoms with Crippen LogP contribution in [0.1, 0.15) is 48.7 Å². The fourth-order valence-corrected chi connectivity index (χ4v) is 4.47. The van der Waals surface area contributed by atoms with Gasteiger partial charge in [0, 0.05) is 41.5 Å². The van der Waals surface area contributed by atoms with Gasteiger partial charge in [-0.2, -0.15) is 0 Å². The predicted octanol–water partition coefficient (Wildman–Crippen LogP) is 5.52. The molecule has 7 heteroatoms. The van der Waals surface area contributed by atoms with E-state index in [1.54, 1.807) is 4.90 Å². The Bertz CT molecular complexity index is 1180. The van der Waals surface area contributed by atoms with Crippen molar-refractivity contribution in [3.8, 4) is 0 Å². The van der Waals surface area contributed by atoms with Crippen molar-refractivity contribution in [2.24, 2.45) is 0 Å². The van der Waals surface area contributed by atoms with Gasteiger partial charge in [-0.05, 0) is 49.2 Å². The smallest absolute Gasteiger partial charge is 0.269 e. The number of hydrogen-bond donors (Lipinski definition) is 0. The maximum absolute atomic E-state index is 13.8. The third kappa shape index (κ3) is 4.22. The van der Waals surface area contributed by atoms with Crippen molar-refractivity contribution < 1.29 is 14.5 Å². The molecule has 1 aliphatic rings. The van der Waals surface area contributed by atoms with Gasteiger partial charge in [0.2, 0.25) is 5.91 Å². The first-order chi connectivity index (χ1) is 15.9. The molecule has 0 saturated carbocycles. The molecule has 1 aliphatic heterocycles. The number of carbonyl (C=O) groups is 2. The zero-order chi connectivity index (χ0) is 23.5. The van der Waals surface area contributed by atoms with Crippen LogP contribution in [0.3, 0.4) is 0 Å². The summed E-state index contributed by atoms with van der Waals surface area (Å²) in [6.07, 6.45) is 0.962. The number of nitro benzene ring substituents is 1. The Morgan fingerprint density at radius 1 is 1.00 bits per heavy atom. The second-order valence-corrected chi connectivity index (χ2v) is 8.09. The molecule has 0 aromatic heterocycles. The van der Waals surface area contributed by atoms with Gasteiger partial charge in [-0.15, -0.1) is 0 Å². The molecule has 168 valence electrons. The molecular weight excluding hydrogens is 418 g/mol. The molecule has 2 unspecified atom stereocenters. The Hall–Kier alpha value is -4.00. The number of nitro groups is 1. The number of nitrogens with zero attached hydrogens (tertiary/aromatic N) is 3. The van der Waals surface area contributed by atoms with Crippen LogP contribution >= 0.6 is 0 Å². The number of anilines is 2. The molecule has 0 radical (unpaired) electrons. The van der Waals surface area contributed by atoms with Crippen LogP contribution in [0.2, 0.25) is 0 Å². The normalized spacial score (nSPS) is 17.2. The second kappa shape index (κ2) is 9.24. The summed E-state index contributed by atoms with van der Waals surface area (Å²) in [4.78, 5) is 40.6. The van der Waals surface area contributed by atoms with Gasteiger partial charge in [-0.25, -0.2) is 0 Å². The summed E-state index contributed by atoms with van der Waals surface area (Å²) in [7, 11) is 0. The topological polar surface area (TPSA) is 83.8 Å². The number of non-ortho nitro benzene ring substituents is 1. The highest BCUT2D eigenvalue weighted by Crippen LogP contribution is 2.43. The van der Waals surface area contributed by atoms with E-state index >= 15 is 0 Å². The summed E-state index contributed by atoms with van der Waals surface area (Å²) in [5.74, 6) is -0.209. The highest BCUT2D eigenvalue weighted by atomic mass is 16.6. The summed E-state index contributed by atoms with van der Waals surface area (Å²) in [5, 5.41) is 11.0. The summed E-state index contributed by atoms with van der Waals surface area (Å²) in [6.45, 7) is 3.84. The molecule has 33 heavy (non-hydrogen) atoms. The fourth-order valence-electron chi connectivity index (χ4n) is 4.47. The molecule has 1 heterocycles. The van der Waals surface area contributed by atoms with Crippen molar-refractivity contribution in [3.05, 3.63) is 100 Å². The van der Waals surface area contributed by atoms with E-state index in [1.807, 2.05) is 73.3 Å². The van der Waals surface area contributed by atoms with Crippen molar-refractivity contribution in [1.82, 2.24) is 0 Å². The molecule has 3 aromatic carbocycles. The molecule has 3 aromatic rings. The van der Waals surface area contributed by atoms with E-state index in [4.69, 9.17) is 0 Å². The van der Waals surface area contributed by atoms with E-state index in [9.17, 15) is 19.7 Å². The number of amides is 2. The summed E-state index contributed by atoms with van der Waals surface area (Å²) >= 11 is 0. The first-order valence-corrected chi connectivity index (χ1v) is 11.0. The highest BCUT2D eigenvalue weighted by molar-refractivity contribution is 6.07. The Morgan fingerprint density at radius 3 is 2.27 bits per heavy atom. The lowest BCUT2D eigenvalue weighted by Crippen LogP contribution is -2.47. The van der Waals surface area contributed by atoms with Crippen LogP contribution in [0.15, 0.2) is 78.9 Å². The average molecular weight is 444 g/mol. The molecule has 0 aliphatic carbocycles. The zero-order valence-corrected chi connectivity index (χ0v) is 18.5. The van der Waals surface area contributed by atoms with Crippen LogP contribution in [0.4, 0.5) is 17.1 Å². The number of carbonyl (C=O) groups excluding carboxylic acids is 2. The Morgan fingerprint density at radius 2 is 1.64 bits per heavy atom. The largest absolute Gasteiger partial charge is 0.309 e. The Balaban J connectivity index is 1.82. The standard InChI is InChI=1S/C26H25N3O4/c1-3-25(30)27-18(2)17-24(22-11-7-8-12-23(22)27)28(20-9-5-4-6-10-20)26(31)19-13-15-21(16-14-19)29(32)33/h4-16,18,24H,3,17H2,1-2H3. The van der Waals surface area contributed by atoms with E-state index in [0.29, 0.717) is 18.4 Å². The van der Waals surface area contributed by atoms with Crippen molar-refractivity contribution in [2.45, 2.75) is 38.8 Å². The van der Waals surface area contributed by atoms with Gasteiger partial charge < -0.3 is 9.80 Å². The minimum Gasteiger partial charge on any atom is -0.309 e. The number of benzene rings is 3. The molecule has 4 rings (SSSR count). The molecule has 0 saturated heterocycles. The van der Waals surface area contributed by atoms with Gasteiger partial charge in [0.15, 0.2) is 0 Å². The number of rotatable bonds is 5. The zero-order valence-electron chi connectivity index (χ0n) is 18.5. The van der Waals surface area contributed by atoms with E-state index < -0.39 is 4.92 Å². The molecular formula is C26H25N3O4.